The van der Waals surface area contributed by atoms with Gasteiger partial charge < -0.3 is 9.88 Å². The van der Waals surface area contributed by atoms with E-state index in [4.69, 9.17) is 4.98 Å². The molecule has 0 aliphatic carbocycles. The molecule has 0 unspecified atom stereocenters. The molecule has 162 valence electrons. The zero-order valence-corrected chi connectivity index (χ0v) is 19.0. The van der Waals surface area contributed by atoms with E-state index in [0.29, 0.717) is 11.5 Å². The van der Waals surface area contributed by atoms with Gasteiger partial charge in [0.1, 0.15) is 5.69 Å². The molecule has 6 rings (SSSR count). The van der Waals surface area contributed by atoms with Gasteiger partial charge in [-0.15, -0.1) is 0 Å². The fourth-order valence-corrected chi connectivity index (χ4v) is 4.81. The number of nitrogens with zero attached hydrogens (tertiary/aromatic N) is 5. The lowest BCUT2D eigenvalue weighted by molar-refractivity contribution is 0.402. The molecule has 0 amide bonds. The SMILES string of the molecule is CN(C)Cc1cncc(-c2ccc3[nH]nc(-c4nc5nccc(-c6ccsc6)c5[nH]4)c3c2)c1. The van der Waals surface area contributed by atoms with Crippen LogP contribution in [0.4, 0.5) is 0 Å². The van der Waals surface area contributed by atoms with Crippen LogP contribution >= 0.6 is 11.3 Å². The zero-order chi connectivity index (χ0) is 22.4. The molecule has 1 aromatic carbocycles. The summed E-state index contributed by atoms with van der Waals surface area (Å²) >= 11 is 1.67. The Labute approximate surface area is 194 Å². The highest BCUT2D eigenvalue weighted by atomic mass is 32.1. The van der Waals surface area contributed by atoms with Crippen molar-refractivity contribution < 1.29 is 0 Å². The summed E-state index contributed by atoms with van der Waals surface area (Å²) in [6.45, 7) is 0.846. The Kier molecular flexibility index (Phi) is 4.74. The van der Waals surface area contributed by atoms with E-state index in [9.17, 15) is 0 Å². The number of thiophene rings is 1. The van der Waals surface area contributed by atoms with Gasteiger partial charge in [0, 0.05) is 41.6 Å². The summed E-state index contributed by atoms with van der Waals surface area (Å²) in [7, 11) is 4.12. The van der Waals surface area contributed by atoms with Crippen molar-refractivity contribution in [3.05, 3.63) is 71.3 Å². The first-order valence-electron chi connectivity index (χ1n) is 10.6. The summed E-state index contributed by atoms with van der Waals surface area (Å²) in [5.41, 5.74) is 8.91. The largest absolute Gasteiger partial charge is 0.335 e. The Hall–Kier alpha value is -3.88. The number of nitrogens with one attached hydrogen (secondary N) is 2. The summed E-state index contributed by atoms with van der Waals surface area (Å²) in [5, 5.41) is 12.9. The van der Waals surface area contributed by atoms with Gasteiger partial charge in [0.15, 0.2) is 11.5 Å². The molecule has 0 radical (unpaired) electrons. The second-order valence-corrected chi connectivity index (χ2v) is 9.09. The Morgan fingerprint density at radius 3 is 2.79 bits per heavy atom. The number of imidazole rings is 1. The van der Waals surface area contributed by atoms with Crippen LogP contribution in [0.3, 0.4) is 0 Å². The Morgan fingerprint density at radius 2 is 1.94 bits per heavy atom. The van der Waals surface area contributed by atoms with Crippen molar-refractivity contribution in [3.8, 4) is 33.8 Å². The molecule has 0 bridgehead atoms. The minimum atomic E-state index is 0.682. The monoisotopic (exact) mass is 451 g/mol. The third-order valence-electron chi connectivity index (χ3n) is 5.64. The molecule has 0 aliphatic rings. The lowest BCUT2D eigenvalue weighted by Crippen LogP contribution is -2.10. The minimum absolute atomic E-state index is 0.682. The molecule has 5 aromatic heterocycles. The van der Waals surface area contributed by atoms with E-state index >= 15 is 0 Å². The van der Waals surface area contributed by atoms with E-state index < -0.39 is 0 Å². The molecular formula is C25H21N7S. The second kappa shape index (κ2) is 7.91. The summed E-state index contributed by atoms with van der Waals surface area (Å²) in [4.78, 5) is 19.3. The van der Waals surface area contributed by atoms with Crippen LogP contribution in [0.5, 0.6) is 0 Å². The van der Waals surface area contributed by atoms with E-state index in [2.05, 4.69) is 85.2 Å². The van der Waals surface area contributed by atoms with Crippen LogP contribution in [0.15, 0.2) is 65.7 Å². The normalized spacial score (nSPS) is 11.7. The molecule has 5 heterocycles. The van der Waals surface area contributed by atoms with Crippen molar-refractivity contribution in [2.75, 3.05) is 14.1 Å². The van der Waals surface area contributed by atoms with Crippen LogP contribution in [-0.4, -0.2) is 49.1 Å². The molecule has 0 saturated carbocycles. The molecule has 0 spiro atoms. The maximum Gasteiger partial charge on any atom is 0.178 e. The molecule has 8 heteroatoms. The van der Waals surface area contributed by atoms with Crippen molar-refractivity contribution in [2.45, 2.75) is 6.54 Å². The zero-order valence-electron chi connectivity index (χ0n) is 18.2. The van der Waals surface area contributed by atoms with Crippen LogP contribution in [0, 0.1) is 0 Å². The molecule has 0 saturated heterocycles. The number of pyridine rings is 2. The topological polar surface area (TPSA) is 86.4 Å². The van der Waals surface area contributed by atoms with Crippen molar-refractivity contribution >= 4 is 33.4 Å². The number of hydrogen-bond donors (Lipinski definition) is 2. The van der Waals surface area contributed by atoms with Crippen LogP contribution in [0.1, 0.15) is 5.56 Å². The second-order valence-electron chi connectivity index (χ2n) is 8.31. The summed E-state index contributed by atoms with van der Waals surface area (Å²) in [6, 6.07) is 12.6. The highest BCUT2D eigenvalue weighted by Crippen LogP contribution is 2.33. The number of fused-ring (bicyclic) bond motifs is 2. The average molecular weight is 452 g/mol. The maximum absolute atomic E-state index is 4.76. The number of rotatable bonds is 5. The highest BCUT2D eigenvalue weighted by Gasteiger charge is 2.16. The van der Waals surface area contributed by atoms with Gasteiger partial charge in [0.25, 0.3) is 0 Å². The molecule has 0 aliphatic heterocycles. The summed E-state index contributed by atoms with van der Waals surface area (Å²) < 4.78 is 0. The van der Waals surface area contributed by atoms with Gasteiger partial charge in [0.05, 0.1) is 11.0 Å². The number of aromatic amines is 2. The van der Waals surface area contributed by atoms with E-state index in [1.165, 1.54) is 5.56 Å². The number of aromatic nitrogens is 6. The van der Waals surface area contributed by atoms with Crippen LogP contribution < -0.4 is 0 Å². The predicted octanol–water partition coefficient (Wildman–Crippen LogP) is 5.35. The minimum Gasteiger partial charge on any atom is -0.335 e. The van der Waals surface area contributed by atoms with Gasteiger partial charge in [-0.25, -0.2) is 9.97 Å². The highest BCUT2D eigenvalue weighted by molar-refractivity contribution is 7.08. The van der Waals surface area contributed by atoms with Crippen LogP contribution in [0.25, 0.3) is 55.8 Å². The third-order valence-corrected chi connectivity index (χ3v) is 6.32. The van der Waals surface area contributed by atoms with Gasteiger partial charge in [-0.1, -0.05) is 6.07 Å². The van der Waals surface area contributed by atoms with Gasteiger partial charge in [-0.05, 0) is 71.9 Å². The Morgan fingerprint density at radius 1 is 1.00 bits per heavy atom. The molecule has 33 heavy (non-hydrogen) atoms. The third kappa shape index (κ3) is 3.59. The predicted molar refractivity (Wildman–Crippen MR) is 133 cm³/mol. The fourth-order valence-electron chi connectivity index (χ4n) is 4.15. The van der Waals surface area contributed by atoms with Crippen molar-refractivity contribution in [2.24, 2.45) is 0 Å². The first kappa shape index (κ1) is 19.8. The first-order chi connectivity index (χ1) is 16.2. The fraction of sp³-hybridized carbons (Fsp3) is 0.120. The van der Waals surface area contributed by atoms with Crippen LogP contribution in [0.2, 0.25) is 0 Å². The van der Waals surface area contributed by atoms with Gasteiger partial charge in [0.2, 0.25) is 0 Å². The first-order valence-corrected chi connectivity index (χ1v) is 11.5. The Bertz CT molecular complexity index is 1580. The summed E-state index contributed by atoms with van der Waals surface area (Å²) in [6.07, 6.45) is 5.62. The van der Waals surface area contributed by atoms with Crippen molar-refractivity contribution in [3.63, 3.8) is 0 Å². The molecule has 0 atom stereocenters. The quantitative estimate of drug-likeness (QED) is 0.369. The van der Waals surface area contributed by atoms with Crippen LogP contribution in [-0.2, 0) is 6.54 Å². The van der Waals surface area contributed by atoms with Crippen molar-refractivity contribution in [1.29, 1.82) is 0 Å². The summed E-state index contributed by atoms with van der Waals surface area (Å²) in [5.74, 6) is 0.697. The lowest BCUT2D eigenvalue weighted by Gasteiger charge is -2.10. The van der Waals surface area contributed by atoms with Gasteiger partial charge in [-0.3, -0.25) is 10.1 Å². The van der Waals surface area contributed by atoms with E-state index in [0.717, 1.165) is 50.9 Å². The lowest BCUT2D eigenvalue weighted by atomic mass is 10.0. The number of benzene rings is 1. The van der Waals surface area contributed by atoms with Crippen molar-refractivity contribution in [1.82, 2.24) is 35.0 Å². The number of H-pyrrole nitrogens is 2. The maximum atomic E-state index is 4.76. The van der Waals surface area contributed by atoms with E-state index in [1.807, 2.05) is 18.5 Å². The molecule has 0 fully saturated rings. The molecule has 6 aromatic rings. The van der Waals surface area contributed by atoms with Gasteiger partial charge >= 0.3 is 0 Å². The average Bonchev–Trinajstić information content (AvgIpc) is 3.57. The standard InChI is InChI=1S/C25H21N7S/c1-32(2)13-15-9-18(12-26-11-15)16-3-4-21-20(10-16)23(31-30-21)25-28-22-19(17-6-8-33-14-17)5-7-27-24(22)29-25/h3-12,14H,13H2,1-2H3,(H,30,31)(H,27,28,29). The smallest absolute Gasteiger partial charge is 0.178 e. The van der Waals surface area contributed by atoms with E-state index in [1.54, 1.807) is 17.5 Å². The molecular weight excluding hydrogens is 430 g/mol. The van der Waals surface area contributed by atoms with Gasteiger partial charge in [-0.2, -0.15) is 16.4 Å². The Balaban J connectivity index is 1.45. The molecule has 7 nitrogen and oxygen atoms in total. The van der Waals surface area contributed by atoms with E-state index in [-0.39, 0.29) is 0 Å². The number of hydrogen-bond acceptors (Lipinski definition) is 6. The molecule has 2 N–H and O–H groups in total.